The highest BCUT2D eigenvalue weighted by atomic mass is 35.5. The maximum Gasteiger partial charge on any atom is 0.239 e. The van der Waals surface area contributed by atoms with Crippen LogP contribution in [0.1, 0.15) is 20.8 Å². The first-order chi connectivity index (χ1) is 6.04. The molecule has 5 heteroatoms. The molecule has 84 valence electrons. The third kappa shape index (κ3) is 2.83. The summed E-state index contributed by atoms with van der Waals surface area (Å²) < 4.78 is 0. The zero-order chi connectivity index (χ0) is 10.0. The number of nitrogens with one attached hydrogen (secondary N) is 1. The number of carbonyl (C=O) groups excluding carboxylic acids is 1. The van der Waals surface area contributed by atoms with Crippen LogP contribution in [0.15, 0.2) is 0 Å². The van der Waals surface area contributed by atoms with Crippen LogP contribution in [-0.2, 0) is 4.79 Å². The smallest absolute Gasteiger partial charge is 0.239 e. The fourth-order valence-electron chi connectivity index (χ4n) is 1.63. The van der Waals surface area contributed by atoms with Crippen molar-refractivity contribution in [2.45, 2.75) is 38.9 Å². The zero-order valence-electron chi connectivity index (χ0n) is 8.99. The van der Waals surface area contributed by atoms with E-state index in [9.17, 15) is 4.79 Å². The Morgan fingerprint density at radius 3 is 2.64 bits per heavy atom. The minimum Gasteiger partial charge on any atom is -0.336 e. The van der Waals surface area contributed by atoms with Crippen molar-refractivity contribution in [3.63, 3.8) is 0 Å². The highest BCUT2D eigenvalue weighted by Crippen LogP contribution is 2.09. The van der Waals surface area contributed by atoms with Crippen LogP contribution in [0.3, 0.4) is 0 Å². The van der Waals surface area contributed by atoms with Crippen molar-refractivity contribution < 1.29 is 4.79 Å². The lowest BCUT2D eigenvalue weighted by atomic mass is 10.1. The van der Waals surface area contributed by atoms with Gasteiger partial charge >= 0.3 is 0 Å². The molecule has 14 heavy (non-hydrogen) atoms. The second kappa shape index (κ2) is 5.53. The summed E-state index contributed by atoms with van der Waals surface area (Å²) in [5.41, 5.74) is 5.56. The molecule has 0 radical (unpaired) electrons. The molecule has 1 heterocycles. The molecule has 0 spiro atoms. The average Bonchev–Trinajstić information content (AvgIpc) is 2.08. The molecule has 1 saturated heterocycles. The van der Waals surface area contributed by atoms with Gasteiger partial charge in [-0.1, -0.05) is 0 Å². The van der Waals surface area contributed by atoms with Crippen LogP contribution >= 0.6 is 12.4 Å². The van der Waals surface area contributed by atoms with E-state index in [0.29, 0.717) is 6.04 Å². The van der Waals surface area contributed by atoms with Crippen molar-refractivity contribution in [2.75, 3.05) is 13.1 Å². The van der Waals surface area contributed by atoms with Crippen LogP contribution in [0.4, 0.5) is 0 Å². The van der Waals surface area contributed by atoms with Crippen molar-refractivity contribution in [1.29, 1.82) is 0 Å². The van der Waals surface area contributed by atoms with Gasteiger partial charge in [-0.25, -0.2) is 0 Å². The predicted molar refractivity (Wildman–Crippen MR) is 59.5 cm³/mol. The van der Waals surface area contributed by atoms with Crippen LogP contribution in [0.2, 0.25) is 0 Å². The summed E-state index contributed by atoms with van der Waals surface area (Å²) in [5, 5.41) is 3.32. The predicted octanol–water partition coefficient (Wildman–Crippen LogP) is -0.0358. The molecular weight excluding hydrogens is 202 g/mol. The van der Waals surface area contributed by atoms with Crippen molar-refractivity contribution in [3.8, 4) is 0 Å². The number of nitrogens with zero attached hydrogens (tertiary/aromatic N) is 1. The van der Waals surface area contributed by atoms with E-state index < -0.39 is 0 Å². The van der Waals surface area contributed by atoms with Crippen molar-refractivity contribution in [2.24, 2.45) is 5.73 Å². The fraction of sp³-hybridized carbons (Fsp3) is 0.889. The lowest BCUT2D eigenvalue weighted by Crippen LogP contribution is -2.59. The molecule has 0 bridgehead atoms. The van der Waals surface area contributed by atoms with E-state index in [1.165, 1.54) is 0 Å². The number of hydrogen-bond donors (Lipinski definition) is 2. The molecule has 1 aliphatic rings. The van der Waals surface area contributed by atoms with Crippen LogP contribution in [0.25, 0.3) is 0 Å². The highest BCUT2D eigenvalue weighted by molar-refractivity contribution is 5.85. The number of carbonyl (C=O) groups is 1. The minimum atomic E-state index is -0.382. The van der Waals surface area contributed by atoms with Gasteiger partial charge in [0.2, 0.25) is 5.91 Å². The second-order valence-corrected chi connectivity index (χ2v) is 3.80. The van der Waals surface area contributed by atoms with Crippen molar-refractivity contribution >= 4 is 18.3 Å². The molecule has 3 atom stereocenters. The van der Waals surface area contributed by atoms with Gasteiger partial charge in [-0.15, -0.1) is 12.4 Å². The Morgan fingerprint density at radius 2 is 2.14 bits per heavy atom. The summed E-state index contributed by atoms with van der Waals surface area (Å²) in [7, 11) is 0. The SMILES string of the molecule is CC1NCCN(C(=O)[C@H](C)N)C1C.Cl. The van der Waals surface area contributed by atoms with Crippen LogP contribution < -0.4 is 11.1 Å². The largest absolute Gasteiger partial charge is 0.336 e. The maximum absolute atomic E-state index is 11.6. The third-order valence-electron chi connectivity index (χ3n) is 2.71. The monoisotopic (exact) mass is 221 g/mol. The van der Waals surface area contributed by atoms with E-state index in [0.717, 1.165) is 13.1 Å². The van der Waals surface area contributed by atoms with Crippen LogP contribution in [-0.4, -0.2) is 42.0 Å². The Morgan fingerprint density at radius 1 is 1.57 bits per heavy atom. The van der Waals surface area contributed by atoms with Crippen molar-refractivity contribution in [1.82, 2.24) is 10.2 Å². The van der Waals surface area contributed by atoms with Gasteiger partial charge in [0.1, 0.15) is 0 Å². The topological polar surface area (TPSA) is 58.4 Å². The lowest BCUT2D eigenvalue weighted by molar-refractivity contribution is -0.135. The molecule has 1 aliphatic heterocycles. The molecule has 0 aliphatic carbocycles. The summed E-state index contributed by atoms with van der Waals surface area (Å²) in [6.45, 7) is 7.51. The van der Waals surface area contributed by atoms with Gasteiger partial charge in [-0.2, -0.15) is 0 Å². The van der Waals surface area contributed by atoms with Gasteiger partial charge in [0.25, 0.3) is 0 Å². The molecule has 1 amide bonds. The molecule has 2 unspecified atom stereocenters. The molecule has 1 fully saturated rings. The Bertz CT molecular complexity index is 198. The van der Waals surface area contributed by atoms with Gasteiger partial charge in [0.05, 0.1) is 6.04 Å². The summed E-state index contributed by atoms with van der Waals surface area (Å²) in [4.78, 5) is 13.5. The van der Waals surface area contributed by atoms with E-state index in [1.54, 1.807) is 6.92 Å². The Kier molecular flexibility index (Phi) is 5.41. The van der Waals surface area contributed by atoms with Crippen molar-refractivity contribution in [3.05, 3.63) is 0 Å². The number of nitrogens with two attached hydrogens (primary N) is 1. The molecule has 0 aromatic heterocycles. The van der Waals surface area contributed by atoms with Gasteiger partial charge in [0, 0.05) is 25.2 Å². The third-order valence-corrected chi connectivity index (χ3v) is 2.71. The maximum atomic E-state index is 11.6. The number of amides is 1. The van der Waals surface area contributed by atoms with Gasteiger partial charge in [0.15, 0.2) is 0 Å². The minimum absolute atomic E-state index is 0. The number of halogens is 1. The highest BCUT2D eigenvalue weighted by Gasteiger charge is 2.29. The summed E-state index contributed by atoms with van der Waals surface area (Å²) >= 11 is 0. The Hall–Kier alpha value is -0.320. The van der Waals surface area contributed by atoms with E-state index in [2.05, 4.69) is 19.2 Å². The van der Waals surface area contributed by atoms with Gasteiger partial charge in [-0.05, 0) is 20.8 Å². The summed E-state index contributed by atoms with van der Waals surface area (Å²) in [6, 6.07) is 0.219. The Labute approximate surface area is 91.6 Å². The second-order valence-electron chi connectivity index (χ2n) is 3.80. The zero-order valence-corrected chi connectivity index (χ0v) is 9.80. The number of hydrogen-bond acceptors (Lipinski definition) is 3. The van der Waals surface area contributed by atoms with Crippen LogP contribution in [0.5, 0.6) is 0 Å². The molecule has 0 saturated carbocycles. The molecular formula is C9H20ClN3O. The van der Waals surface area contributed by atoms with Crippen LogP contribution in [0, 0.1) is 0 Å². The van der Waals surface area contributed by atoms with E-state index in [4.69, 9.17) is 5.73 Å². The van der Waals surface area contributed by atoms with E-state index in [1.807, 2.05) is 4.90 Å². The molecule has 0 aromatic rings. The number of rotatable bonds is 1. The molecule has 4 nitrogen and oxygen atoms in total. The molecule has 3 N–H and O–H groups in total. The first kappa shape index (κ1) is 13.7. The molecule has 1 rings (SSSR count). The Balaban J connectivity index is 0.00000169. The number of piperazine rings is 1. The van der Waals surface area contributed by atoms with Gasteiger partial charge in [-0.3, -0.25) is 4.79 Å². The first-order valence-electron chi connectivity index (χ1n) is 4.83. The van der Waals surface area contributed by atoms with E-state index >= 15 is 0 Å². The average molecular weight is 222 g/mol. The standard InChI is InChI=1S/C9H19N3O.ClH/c1-6(10)9(13)12-5-4-11-7(2)8(12)3;/h6-8,11H,4-5,10H2,1-3H3;1H/t6-,7?,8?;/m0./s1. The fourth-order valence-corrected chi connectivity index (χ4v) is 1.63. The molecule has 0 aromatic carbocycles. The first-order valence-corrected chi connectivity index (χ1v) is 4.83. The summed E-state index contributed by atoms with van der Waals surface area (Å²) in [6.07, 6.45) is 0. The lowest BCUT2D eigenvalue weighted by Gasteiger charge is -2.39. The van der Waals surface area contributed by atoms with Gasteiger partial charge < -0.3 is 16.0 Å². The quantitative estimate of drug-likeness (QED) is 0.654. The van der Waals surface area contributed by atoms with E-state index in [-0.39, 0.29) is 30.4 Å². The normalized spacial score (nSPS) is 29.3. The summed E-state index contributed by atoms with van der Waals surface area (Å²) in [5.74, 6) is 0.0563.